The van der Waals surface area contributed by atoms with Gasteiger partial charge in [0.1, 0.15) is 11.5 Å². The molecule has 0 aliphatic rings. The number of benzene rings is 3. The first kappa shape index (κ1) is 13.4. The molecular formula is C19H16O2. The Kier molecular flexibility index (Phi) is 3.69. The van der Waals surface area contributed by atoms with Crippen LogP contribution in [0.4, 0.5) is 0 Å². The SMILES string of the molecule is CCC(=O)c1ccccc1Oc1ccc2ccccc2c1. The van der Waals surface area contributed by atoms with Crippen LogP contribution in [0.25, 0.3) is 10.8 Å². The molecule has 0 aliphatic carbocycles. The highest BCUT2D eigenvalue weighted by atomic mass is 16.5. The highest BCUT2D eigenvalue weighted by Crippen LogP contribution is 2.28. The third kappa shape index (κ3) is 2.79. The van der Waals surface area contributed by atoms with Gasteiger partial charge in [0.15, 0.2) is 5.78 Å². The zero-order chi connectivity index (χ0) is 14.7. The summed E-state index contributed by atoms with van der Waals surface area (Å²) >= 11 is 0. The van der Waals surface area contributed by atoms with Gasteiger partial charge in [-0.05, 0) is 35.0 Å². The predicted molar refractivity (Wildman–Crippen MR) is 85.1 cm³/mol. The summed E-state index contributed by atoms with van der Waals surface area (Å²) in [6.07, 6.45) is 0.470. The van der Waals surface area contributed by atoms with Crippen molar-refractivity contribution in [2.45, 2.75) is 13.3 Å². The van der Waals surface area contributed by atoms with E-state index in [4.69, 9.17) is 4.74 Å². The monoisotopic (exact) mass is 276 g/mol. The number of rotatable bonds is 4. The molecule has 0 unspecified atom stereocenters. The summed E-state index contributed by atoms with van der Waals surface area (Å²) in [4.78, 5) is 12.0. The van der Waals surface area contributed by atoms with Crippen LogP contribution in [0.15, 0.2) is 66.7 Å². The van der Waals surface area contributed by atoms with Gasteiger partial charge in [0.25, 0.3) is 0 Å². The molecule has 3 aromatic rings. The van der Waals surface area contributed by atoms with Gasteiger partial charge in [-0.25, -0.2) is 0 Å². The Morgan fingerprint density at radius 1 is 0.905 bits per heavy atom. The maximum Gasteiger partial charge on any atom is 0.166 e. The minimum atomic E-state index is 0.0892. The van der Waals surface area contributed by atoms with E-state index in [0.29, 0.717) is 17.7 Å². The van der Waals surface area contributed by atoms with E-state index in [0.717, 1.165) is 11.1 Å². The molecule has 0 fully saturated rings. The first-order valence-electron chi connectivity index (χ1n) is 7.07. The average Bonchev–Trinajstić information content (AvgIpc) is 2.54. The zero-order valence-electron chi connectivity index (χ0n) is 11.9. The van der Waals surface area contributed by atoms with Crippen LogP contribution in [-0.2, 0) is 0 Å². The first-order chi connectivity index (χ1) is 10.3. The van der Waals surface area contributed by atoms with Crippen LogP contribution < -0.4 is 4.74 Å². The number of ether oxygens (including phenoxy) is 1. The van der Waals surface area contributed by atoms with E-state index >= 15 is 0 Å². The van der Waals surface area contributed by atoms with Crippen molar-refractivity contribution in [1.29, 1.82) is 0 Å². The average molecular weight is 276 g/mol. The van der Waals surface area contributed by atoms with Crippen LogP contribution in [0.3, 0.4) is 0 Å². The molecule has 0 radical (unpaired) electrons. The number of para-hydroxylation sites is 1. The van der Waals surface area contributed by atoms with Crippen molar-refractivity contribution >= 4 is 16.6 Å². The Bertz CT molecular complexity index is 790. The summed E-state index contributed by atoms with van der Waals surface area (Å²) in [6.45, 7) is 1.86. The third-order valence-electron chi connectivity index (χ3n) is 3.46. The lowest BCUT2D eigenvalue weighted by atomic mass is 10.1. The van der Waals surface area contributed by atoms with E-state index in [9.17, 15) is 4.79 Å². The van der Waals surface area contributed by atoms with Crippen LogP contribution in [0.1, 0.15) is 23.7 Å². The van der Waals surface area contributed by atoms with Crippen LogP contribution in [-0.4, -0.2) is 5.78 Å². The Balaban J connectivity index is 1.97. The minimum absolute atomic E-state index is 0.0892. The molecule has 2 heteroatoms. The summed E-state index contributed by atoms with van der Waals surface area (Å²) in [5.74, 6) is 1.44. The van der Waals surface area contributed by atoms with E-state index in [1.165, 1.54) is 5.39 Å². The van der Waals surface area contributed by atoms with Gasteiger partial charge in [0, 0.05) is 6.42 Å². The highest BCUT2D eigenvalue weighted by Gasteiger charge is 2.10. The Morgan fingerprint density at radius 3 is 2.43 bits per heavy atom. The number of hydrogen-bond donors (Lipinski definition) is 0. The number of hydrogen-bond acceptors (Lipinski definition) is 2. The predicted octanol–water partition coefficient (Wildman–Crippen LogP) is 5.22. The Labute approximate surface area is 124 Å². The summed E-state index contributed by atoms with van der Waals surface area (Å²) in [7, 11) is 0. The number of Topliss-reactive ketones (excluding diaryl/α,β-unsaturated/α-hetero) is 1. The molecule has 3 rings (SSSR count). The minimum Gasteiger partial charge on any atom is -0.457 e. The third-order valence-corrected chi connectivity index (χ3v) is 3.46. The standard InChI is InChI=1S/C19H16O2/c1-2-18(20)17-9-5-6-10-19(17)21-16-12-11-14-7-3-4-8-15(14)13-16/h3-13H,2H2,1H3. The smallest absolute Gasteiger partial charge is 0.166 e. The van der Waals surface area contributed by atoms with Gasteiger partial charge < -0.3 is 4.74 Å². The van der Waals surface area contributed by atoms with E-state index in [1.54, 1.807) is 0 Å². The second kappa shape index (κ2) is 5.80. The number of fused-ring (bicyclic) bond motifs is 1. The van der Waals surface area contributed by atoms with Gasteiger partial charge in [0.05, 0.1) is 5.56 Å². The lowest BCUT2D eigenvalue weighted by Crippen LogP contribution is -1.99. The number of carbonyl (C=O) groups is 1. The van der Waals surface area contributed by atoms with Gasteiger partial charge in [0.2, 0.25) is 0 Å². The van der Waals surface area contributed by atoms with Gasteiger partial charge in [-0.3, -0.25) is 4.79 Å². The maximum absolute atomic E-state index is 12.0. The molecule has 0 saturated carbocycles. The molecule has 2 nitrogen and oxygen atoms in total. The van der Waals surface area contributed by atoms with Gasteiger partial charge in [-0.2, -0.15) is 0 Å². The summed E-state index contributed by atoms with van der Waals surface area (Å²) in [5.41, 5.74) is 0.633. The largest absolute Gasteiger partial charge is 0.457 e. The van der Waals surface area contributed by atoms with Crippen LogP contribution in [0, 0.1) is 0 Å². The highest BCUT2D eigenvalue weighted by molar-refractivity contribution is 5.98. The second-order valence-electron chi connectivity index (χ2n) is 4.88. The zero-order valence-corrected chi connectivity index (χ0v) is 11.9. The van der Waals surface area contributed by atoms with Gasteiger partial charge >= 0.3 is 0 Å². The van der Waals surface area contributed by atoms with Crippen molar-refractivity contribution in [2.75, 3.05) is 0 Å². The molecule has 0 atom stereocenters. The van der Waals surface area contributed by atoms with Crippen molar-refractivity contribution in [1.82, 2.24) is 0 Å². The molecule has 0 heterocycles. The van der Waals surface area contributed by atoms with Crippen LogP contribution >= 0.6 is 0 Å². The summed E-state index contributed by atoms with van der Waals surface area (Å²) in [6, 6.07) is 21.4. The lowest BCUT2D eigenvalue weighted by molar-refractivity contribution is 0.0986. The van der Waals surface area contributed by atoms with Crippen molar-refractivity contribution in [3.8, 4) is 11.5 Å². The van der Waals surface area contributed by atoms with E-state index in [-0.39, 0.29) is 5.78 Å². The Morgan fingerprint density at radius 2 is 1.62 bits per heavy atom. The Hall–Kier alpha value is -2.61. The molecule has 0 bridgehead atoms. The fourth-order valence-corrected chi connectivity index (χ4v) is 2.33. The summed E-state index contributed by atoms with van der Waals surface area (Å²) < 4.78 is 5.92. The lowest BCUT2D eigenvalue weighted by Gasteiger charge is -2.10. The van der Waals surface area contributed by atoms with Crippen LogP contribution in [0.2, 0.25) is 0 Å². The van der Waals surface area contributed by atoms with E-state index in [2.05, 4.69) is 6.07 Å². The molecule has 3 aromatic carbocycles. The fourth-order valence-electron chi connectivity index (χ4n) is 2.33. The molecular weight excluding hydrogens is 260 g/mol. The topological polar surface area (TPSA) is 26.3 Å². The fraction of sp³-hybridized carbons (Fsp3) is 0.105. The normalized spacial score (nSPS) is 10.5. The van der Waals surface area contributed by atoms with Crippen molar-refractivity contribution < 1.29 is 9.53 Å². The van der Waals surface area contributed by atoms with Crippen molar-refractivity contribution in [3.05, 3.63) is 72.3 Å². The van der Waals surface area contributed by atoms with Crippen molar-refractivity contribution in [3.63, 3.8) is 0 Å². The van der Waals surface area contributed by atoms with Crippen molar-refractivity contribution in [2.24, 2.45) is 0 Å². The molecule has 0 amide bonds. The molecule has 0 spiro atoms. The van der Waals surface area contributed by atoms with E-state index < -0.39 is 0 Å². The quantitative estimate of drug-likeness (QED) is 0.610. The maximum atomic E-state index is 12.0. The molecule has 104 valence electrons. The molecule has 0 aromatic heterocycles. The van der Waals surface area contributed by atoms with E-state index in [1.807, 2.05) is 67.6 Å². The van der Waals surface area contributed by atoms with Crippen LogP contribution in [0.5, 0.6) is 11.5 Å². The summed E-state index contributed by atoms with van der Waals surface area (Å²) in [5, 5.41) is 2.29. The molecule has 0 aliphatic heterocycles. The molecule has 0 saturated heterocycles. The molecule has 21 heavy (non-hydrogen) atoms. The first-order valence-corrected chi connectivity index (χ1v) is 7.07. The number of carbonyl (C=O) groups excluding carboxylic acids is 1. The molecule has 0 N–H and O–H groups in total. The second-order valence-corrected chi connectivity index (χ2v) is 4.88. The van der Waals surface area contributed by atoms with Gasteiger partial charge in [-0.1, -0.05) is 49.4 Å². The number of ketones is 1. The van der Waals surface area contributed by atoms with Gasteiger partial charge in [-0.15, -0.1) is 0 Å².